The predicted molar refractivity (Wildman–Crippen MR) is 94.1 cm³/mol. The molecule has 0 heterocycles. The normalized spacial score (nSPS) is 10.5. The number of hydrogen-bond donors (Lipinski definition) is 2. The second kappa shape index (κ2) is 8.53. The summed E-state index contributed by atoms with van der Waals surface area (Å²) in [5.74, 6) is -0.562. The summed E-state index contributed by atoms with van der Waals surface area (Å²) in [6.07, 6.45) is 3.06. The number of carbonyl (C=O) groups excluding carboxylic acids is 2. The first-order chi connectivity index (χ1) is 11.6. The Hall–Kier alpha value is -3.08. The molecule has 0 unspecified atom stereocenters. The molecule has 5 heteroatoms. The summed E-state index contributed by atoms with van der Waals surface area (Å²) < 4.78 is 4.84. The number of esters is 1. The van der Waals surface area contributed by atoms with Crippen LogP contribution < -0.4 is 11.1 Å². The van der Waals surface area contributed by atoms with Gasteiger partial charge in [0, 0.05) is 23.9 Å². The van der Waals surface area contributed by atoms with Crippen molar-refractivity contribution in [3.8, 4) is 0 Å². The molecule has 124 valence electrons. The Bertz CT molecular complexity index is 754. The molecule has 24 heavy (non-hydrogen) atoms. The molecule has 2 aromatic rings. The maximum atomic E-state index is 12.1. The lowest BCUT2D eigenvalue weighted by Crippen LogP contribution is -2.22. The molecule has 2 rings (SSSR count). The number of nitrogens with two attached hydrogens (primary N) is 1. The Morgan fingerprint density at radius 2 is 1.96 bits per heavy atom. The molecule has 0 saturated carbocycles. The fourth-order valence-electron chi connectivity index (χ4n) is 2.13. The van der Waals surface area contributed by atoms with Crippen molar-refractivity contribution in [2.75, 3.05) is 12.3 Å². The summed E-state index contributed by atoms with van der Waals surface area (Å²) in [4.78, 5) is 23.4. The van der Waals surface area contributed by atoms with Crippen LogP contribution in [0.3, 0.4) is 0 Å². The van der Waals surface area contributed by atoms with E-state index in [2.05, 4.69) is 5.32 Å². The van der Waals surface area contributed by atoms with Gasteiger partial charge in [-0.1, -0.05) is 24.3 Å². The molecule has 3 N–H and O–H groups in total. The third kappa shape index (κ3) is 5.28. The molecule has 2 aromatic carbocycles. The number of nitrogens with one attached hydrogen (secondary N) is 1. The fraction of sp³-hybridized carbons (Fsp3) is 0.158. The molecule has 1 amide bonds. The molecule has 0 radical (unpaired) electrons. The van der Waals surface area contributed by atoms with E-state index in [1.54, 1.807) is 37.3 Å². The van der Waals surface area contributed by atoms with Gasteiger partial charge in [0.25, 0.3) is 5.91 Å². The monoisotopic (exact) mass is 324 g/mol. The minimum Gasteiger partial charge on any atom is -0.463 e. The molecule has 0 bridgehead atoms. The van der Waals surface area contributed by atoms with Crippen LogP contribution >= 0.6 is 0 Å². The van der Waals surface area contributed by atoms with E-state index in [9.17, 15) is 9.59 Å². The molecule has 5 nitrogen and oxygen atoms in total. The first kappa shape index (κ1) is 17.3. The fourth-order valence-corrected chi connectivity index (χ4v) is 2.13. The molecule has 0 fully saturated rings. The van der Waals surface area contributed by atoms with E-state index < -0.39 is 0 Å². The SMILES string of the molecule is CCOC(=O)/C=C/c1cccc(CNC(=O)c2cccc(N)c2)c1. The van der Waals surface area contributed by atoms with Gasteiger partial charge in [0.05, 0.1) is 6.61 Å². The van der Waals surface area contributed by atoms with Crippen LogP contribution in [-0.4, -0.2) is 18.5 Å². The highest BCUT2D eigenvalue weighted by molar-refractivity contribution is 5.95. The smallest absolute Gasteiger partial charge is 0.330 e. The molecule has 0 saturated heterocycles. The number of rotatable bonds is 6. The van der Waals surface area contributed by atoms with Crippen molar-refractivity contribution in [2.24, 2.45) is 0 Å². The van der Waals surface area contributed by atoms with Gasteiger partial charge in [0.2, 0.25) is 0 Å². The van der Waals surface area contributed by atoms with E-state index >= 15 is 0 Å². The Morgan fingerprint density at radius 1 is 1.17 bits per heavy atom. The second-order valence-corrected chi connectivity index (χ2v) is 5.14. The van der Waals surface area contributed by atoms with Crippen molar-refractivity contribution < 1.29 is 14.3 Å². The Labute approximate surface area is 141 Å². The molecule has 0 aliphatic heterocycles. The van der Waals surface area contributed by atoms with Gasteiger partial charge in [-0.15, -0.1) is 0 Å². The zero-order valence-electron chi connectivity index (χ0n) is 13.5. The number of anilines is 1. The molecular weight excluding hydrogens is 304 g/mol. The van der Waals surface area contributed by atoms with Crippen molar-refractivity contribution in [1.82, 2.24) is 5.32 Å². The first-order valence-electron chi connectivity index (χ1n) is 7.66. The Kier molecular flexibility index (Phi) is 6.14. The van der Waals surface area contributed by atoms with Gasteiger partial charge in [-0.2, -0.15) is 0 Å². The van der Waals surface area contributed by atoms with Crippen molar-refractivity contribution in [3.63, 3.8) is 0 Å². The first-order valence-corrected chi connectivity index (χ1v) is 7.66. The highest BCUT2D eigenvalue weighted by atomic mass is 16.5. The molecule has 0 atom stereocenters. The summed E-state index contributed by atoms with van der Waals surface area (Å²) in [5.41, 5.74) is 8.54. The van der Waals surface area contributed by atoms with Crippen LogP contribution in [0.4, 0.5) is 5.69 Å². The predicted octanol–water partition coefficient (Wildman–Crippen LogP) is 2.78. The van der Waals surface area contributed by atoms with Crippen LogP contribution in [0.5, 0.6) is 0 Å². The van der Waals surface area contributed by atoms with Gasteiger partial charge >= 0.3 is 5.97 Å². The molecule has 0 spiro atoms. The number of hydrogen-bond acceptors (Lipinski definition) is 4. The van der Waals surface area contributed by atoms with E-state index in [1.165, 1.54) is 6.08 Å². The summed E-state index contributed by atoms with van der Waals surface area (Å²) in [6, 6.07) is 14.4. The second-order valence-electron chi connectivity index (χ2n) is 5.14. The van der Waals surface area contributed by atoms with Gasteiger partial charge in [-0.25, -0.2) is 4.79 Å². The Morgan fingerprint density at radius 3 is 2.71 bits per heavy atom. The van der Waals surface area contributed by atoms with Crippen molar-refractivity contribution in [2.45, 2.75) is 13.5 Å². The third-order valence-electron chi connectivity index (χ3n) is 3.25. The van der Waals surface area contributed by atoms with Crippen molar-refractivity contribution in [3.05, 3.63) is 71.3 Å². The molecular formula is C19H20N2O3. The summed E-state index contributed by atoms with van der Waals surface area (Å²) in [5, 5.41) is 2.84. The van der Waals surface area contributed by atoms with Crippen LogP contribution in [0.25, 0.3) is 6.08 Å². The average molecular weight is 324 g/mol. The Balaban J connectivity index is 1.97. The average Bonchev–Trinajstić information content (AvgIpc) is 2.58. The van der Waals surface area contributed by atoms with E-state index in [-0.39, 0.29) is 11.9 Å². The van der Waals surface area contributed by atoms with Gasteiger partial charge < -0.3 is 15.8 Å². The molecule has 0 aliphatic rings. The molecule has 0 aliphatic carbocycles. The summed E-state index contributed by atoms with van der Waals surface area (Å²) in [6.45, 7) is 2.49. The van der Waals surface area contributed by atoms with E-state index in [0.717, 1.165) is 11.1 Å². The van der Waals surface area contributed by atoms with Gasteiger partial charge in [-0.3, -0.25) is 4.79 Å². The summed E-state index contributed by atoms with van der Waals surface area (Å²) in [7, 11) is 0. The number of carbonyl (C=O) groups is 2. The van der Waals surface area contributed by atoms with Gasteiger partial charge in [-0.05, 0) is 48.4 Å². The molecule has 0 aromatic heterocycles. The van der Waals surface area contributed by atoms with Crippen LogP contribution in [0, 0.1) is 0 Å². The number of nitrogen functional groups attached to an aromatic ring is 1. The highest BCUT2D eigenvalue weighted by Gasteiger charge is 2.05. The van der Waals surface area contributed by atoms with Gasteiger partial charge in [0.15, 0.2) is 0 Å². The maximum absolute atomic E-state index is 12.1. The van der Waals surface area contributed by atoms with Crippen LogP contribution in [0.15, 0.2) is 54.6 Å². The van der Waals surface area contributed by atoms with Crippen LogP contribution in [-0.2, 0) is 16.1 Å². The zero-order valence-corrected chi connectivity index (χ0v) is 13.5. The number of benzene rings is 2. The maximum Gasteiger partial charge on any atom is 0.330 e. The van der Waals surface area contributed by atoms with Crippen molar-refractivity contribution in [1.29, 1.82) is 0 Å². The van der Waals surface area contributed by atoms with E-state index in [0.29, 0.717) is 24.4 Å². The van der Waals surface area contributed by atoms with Crippen molar-refractivity contribution >= 4 is 23.6 Å². The van der Waals surface area contributed by atoms with Gasteiger partial charge in [0.1, 0.15) is 0 Å². The minimum absolute atomic E-state index is 0.185. The lowest BCUT2D eigenvalue weighted by molar-refractivity contribution is -0.137. The lowest BCUT2D eigenvalue weighted by atomic mass is 10.1. The lowest BCUT2D eigenvalue weighted by Gasteiger charge is -2.07. The van der Waals surface area contributed by atoms with Crippen LogP contribution in [0.2, 0.25) is 0 Å². The number of ether oxygens (including phenoxy) is 1. The topological polar surface area (TPSA) is 81.4 Å². The van der Waals surface area contributed by atoms with E-state index in [4.69, 9.17) is 10.5 Å². The quantitative estimate of drug-likeness (QED) is 0.486. The largest absolute Gasteiger partial charge is 0.463 e. The van der Waals surface area contributed by atoms with E-state index in [1.807, 2.05) is 24.3 Å². The third-order valence-corrected chi connectivity index (χ3v) is 3.25. The summed E-state index contributed by atoms with van der Waals surface area (Å²) >= 11 is 0. The minimum atomic E-state index is -0.377. The highest BCUT2D eigenvalue weighted by Crippen LogP contribution is 2.09. The van der Waals surface area contributed by atoms with Crippen LogP contribution in [0.1, 0.15) is 28.4 Å². The standard InChI is InChI=1S/C19H20N2O3/c1-2-24-18(22)10-9-14-5-3-6-15(11-14)13-21-19(23)16-7-4-8-17(20)12-16/h3-12H,2,13,20H2,1H3,(H,21,23)/b10-9+. The zero-order chi connectivity index (χ0) is 17.4. The number of amides is 1.